The van der Waals surface area contributed by atoms with Crippen molar-refractivity contribution in [2.24, 2.45) is 0 Å². The molecule has 1 nitrogen and oxygen atoms in total. The maximum absolute atomic E-state index is 4.51. The molecule has 0 amide bonds. The van der Waals surface area contributed by atoms with Gasteiger partial charge in [0.05, 0.1) is 0 Å². The van der Waals surface area contributed by atoms with Crippen LogP contribution in [0.5, 0.6) is 0 Å². The maximum Gasteiger partial charge on any atom is 0 e. The van der Waals surface area contributed by atoms with Crippen molar-refractivity contribution in [2.45, 2.75) is 0 Å². The Morgan fingerprint density at radius 1 is 1.25 bits per heavy atom. The minimum absolute atomic E-state index is 0. The van der Waals surface area contributed by atoms with Gasteiger partial charge in [0.2, 0.25) is 0 Å². The first kappa shape index (κ1) is 8.90. The molecule has 0 aliphatic heterocycles. The topological polar surface area (TPSA) is 12.0 Å². The molecule has 4 heteroatoms. The Kier molecular flexibility index (Phi) is 20.0. The number of rotatable bonds is 0. The van der Waals surface area contributed by atoms with Crippen LogP contribution in [0, 0.1) is 0 Å². The van der Waals surface area contributed by atoms with Crippen LogP contribution in [0.4, 0.5) is 0 Å². The van der Waals surface area contributed by atoms with Gasteiger partial charge in [-0.05, 0) is 23.6 Å². The molecule has 1 N–H and O–H groups in total. The Balaban J connectivity index is 0. The van der Waals surface area contributed by atoms with E-state index in [1.807, 2.05) is 0 Å². The average Bonchev–Trinajstić information content (AvgIpc) is 0.918. The van der Waals surface area contributed by atoms with E-state index < -0.39 is 0 Å². The van der Waals surface area contributed by atoms with Gasteiger partial charge >= 0.3 is 0 Å². The molecule has 0 bridgehead atoms. The van der Waals surface area contributed by atoms with Crippen molar-refractivity contribution in [3.8, 4) is 0 Å². The summed E-state index contributed by atoms with van der Waals surface area (Å²) in [6.07, 6.45) is 0. The van der Waals surface area contributed by atoms with Gasteiger partial charge in [0.1, 0.15) is 0 Å². The van der Waals surface area contributed by atoms with Crippen molar-refractivity contribution >= 4 is 23.6 Å². The molecule has 0 atom stereocenters. The van der Waals surface area contributed by atoms with Crippen molar-refractivity contribution in [2.75, 3.05) is 0 Å². The second-order valence-electron chi connectivity index (χ2n) is 0.0714. The predicted molar refractivity (Wildman–Crippen MR) is 14.8 cm³/mol. The molecule has 0 aromatic rings. The molecule has 0 aromatic heterocycles. The quantitative estimate of drug-likeness (QED) is 0.393. The third-order valence-electron chi connectivity index (χ3n) is 0. The zero-order valence-electron chi connectivity index (χ0n) is 1.57. The molecule has 0 saturated carbocycles. The normalized spacial score (nSPS) is 4.50. The summed E-state index contributed by atoms with van der Waals surface area (Å²) in [6.45, 7) is 0. The van der Waals surface area contributed by atoms with E-state index in [2.05, 4.69) is 23.6 Å². The molecular weight excluding hydrogens is 144 g/mol. The van der Waals surface area contributed by atoms with Crippen molar-refractivity contribution < 1.29 is 16.5 Å². The molecular formula is HCl2NNi. The summed E-state index contributed by atoms with van der Waals surface area (Å²) in [5.74, 6) is 0. The first-order valence-electron chi connectivity index (χ1n) is 0.378. The van der Waals surface area contributed by atoms with Crippen LogP contribution in [0.3, 0.4) is 0 Å². The Hall–Kier alpha value is 1.03. The molecule has 0 spiro atoms. The molecule has 0 radical (unpaired) electrons. The zero-order chi connectivity index (χ0) is 2.71. The second kappa shape index (κ2) is 8.98. The zero-order valence-corrected chi connectivity index (χ0v) is 4.07. The standard InChI is InChI=1S/Cl2HN.Ni/c1-3-2;/h3H;. The number of hydrogen-bond donors (Lipinski definition) is 1. The molecule has 0 aliphatic carbocycles. The van der Waals surface area contributed by atoms with E-state index in [1.54, 1.807) is 4.35 Å². The molecule has 30 valence electrons. The number of halogens is 2. The van der Waals surface area contributed by atoms with Crippen molar-refractivity contribution in [3.63, 3.8) is 0 Å². The molecule has 0 unspecified atom stereocenters. The minimum atomic E-state index is 0. The van der Waals surface area contributed by atoms with Gasteiger partial charge in [-0.2, -0.15) is 0 Å². The van der Waals surface area contributed by atoms with Crippen LogP contribution in [0.1, 0.15) is 0 Å². The number of hydrogen-bond acceptors (Lipinski definition) is 1. The first-order valence-corrected chi connectivity index (χ1v) is 1.13. The Bertz CT molecular complexity index is 6.00. The second-order valence-corrected chi connectivity index (χ2v) is 0.643. The van der Waals surface area contributed by atoms with Crippen LogP contribution in [-0.2, 0) is 16.5 Å². The van der Waals surface area contributed by atoms with E-state index >= 15 is 0 Å². The fraction of sp³-hybridized carbons (Fsp3) is 0. The largest absolute Gasteiger partial charge is 0.145 e. The third kappa shape index (κ3) is 11.7. The predicted octanol–water partition coefficient (Wildman–Crippen LogP) is 0.881. The van der Waals surface area contributed by atoms with E-state index in [4.69, 9.17) is 0 Å². The molecule has 0 rings (SSSR count). The molecule has 0 aromatic carbocycles. The minimum Gasteiger partial charge on any atom is -0.145 e. The summed E-state index contributed by atoms with van der Waals surface area (Å²) >= 11 is 9.03. The fourth-order valence-electron chi connectivity index (χ4n) is 0. The van der Waals surface area contributed by atoms with Gasteiger partial charge in [0, 0.05) is 16.5 Å². The molecule has 0 fully saturated rings. The molecule has 0 saturated heterocycles. The Morgan fingerprint density at radius 3 is 1.25 bits per heavy atom. The van der Waals surface area contributed by atoms with E-state index in [0.717, 1.165) is 0 Å². The number of nitrogens with one attached hydrogen (secondary N) is 1. The van der Waals surface area contributed by atoms with Crippen molar-refractivity contribution in [1.82, 2.24) is 4.35 Å². The van der Waals surface area contributed by atoms with Gasteiger partial charge in [0.15, 0.2) is 0 Å². The van der Waals surface area contributed by atoms with E-state index in [0.29, 0.717) is 0 Å². The third-order valence-corrected chi connectivity index (χ3v) is 0. The summed E-state index contributed by atoms with van der Waals surface area (Å²) in [6, 6.07) is 0. The van der Waals surface area contributed by atoms with Gasteiger partial charge < -0.3 is 0 Å². The summed E-state index contributed by atoms with van der Waals surface area (Å²) < 4.78 is 1.69. The SMILES string of the molecule is ClNCl.[Ni]. The van der Waals surface area contributed by atoms with Gasteiger partial charge in [-0.1, -0.05) is 0 Å². The van der Waals surface area contributed by atoms with Gasteiger partial charge in [-0.25, -0.2) is 0 Å². The van der Waals surface area contributed by atoms with Gasteiger partial charge in [0.25, 0.3) is 0 Å². The van der Waals surface area contributed by atoms with Crippen LogP contribution in [0.2, 0.25) is 0 Å². The van der Waals surface area contributed by atoms with Gasteiger partial charge in [-0.3, -0.25) is 0 Å². The Labute approximate surface area is 44.8 Å². The van der Waals surface area contributed by atoms with Crippen LogP contribution in [0.15, 0.2) is 0 Å². The summed E-state index contributed by atoms with van der Waals surface area (Å²) in [5.41, 5.74) is 0. The smallest absolute Gasteiger partial charge is 0 e. The first-order chi connectivity index (χ1) is 1.41. The Morgan fingerprint density at radius 2 is 1.25 bits per heavy atom. The molecule has 4 heavy (non-hydrogen) atoms. The van der Waals surface area contributed by atoms with Crippen LogP contribution in [-0.4, -0.2) is 0 Å². The molecule has 0 heterocycles. The van der Waals surface area contributed by atoms with Crippen molar-refractivity contribution in [1.29, 1.82) is 0 Å². The summed E-state index contributed by atoms with van der Waals surface area (Å²) in [5, 5.41) is 0. The van der Waals surface area contributed by atoms with Crippen molar-refractivity contribution in [3.05, 3.63) is 0 Å². The van der Waals surface area contributed by atoms with Crippen LogP contribution in [0.25, 0.3) is 0 Å². The van der Waals surface area contributed by atoms with Gasteiger partial charge in [-0.15, -0.1) is 4.35 Å². The van der Waals surface area contributed by atoms with E-state index in [-0.39, 0.29) is 16.5 Å². The van der Waals surface area contributed by atoms with E-state index in [1.165, 1.54) is 0 Å². The van der Waals surface area contributed by atoms with E-state index in [9.17, 15) is 0 Å². The average molecular weight is 145 g/mol. The molecule has 0 aliphatic rings. The van der Waals surface area contributed by atoms with Crippen LogP contribution >= 0.6 is 23.6 Å². The van der Waals surface area contributed by atoms with Crippen LogP contribution < -0.4 is 4.35 Å². The summed E-state index contributed by atoms with van der Waals surface area (Å²) in [7, 11) is 0. The maximum atomic E-state index is 4.51. The monoisotopic (exact) mass is 143 g/mol. The fourth-order valence-corrected chi connectivity index (χ4v) is 0. The summed E-state index contributed by atoms with van der Waals surface area (Å²) in [4.78, 5) is 0.